The van der Waals surface area contributed by atoms with Crippen LogP contribution in [-0.2, 0) is 6.54 Å². The Balaban J connectivity index is 2.15. The fraction of sp³-hybridized carbons (Fsp3) is 0.385. The second kappa shape index (κ2) is 5.59. The van der Waals surface area contributed by atoms with E-state index in [0.29, 0.717) is 0 Å². The van der Waals surface area contributed by atoms with E-state index >= 15 is 0 Å². The highest BCUT2D eigenvalue weighted by molar-refractivity contribution is 5.34. The zero-order valence-electron chi connectivity index (χ0n) is 10.3. The van der Waals surface area contributed by atoms with Gasteiger partial charge in [0.05, 0.1) is 17.6 Å². The van der Waals surface area contributed by atoms with E-state index in [9.17, 15) is 0 Å². The predicted molar refractivity (Wildman–Crippen MR) is 68.1 cm³/mol. The summed E-state index contributed by atoms with van der Waals surface area (Å²) in [6, 6.07) is 8.29. The maximum atomic E-state index is 4.12. The zero-order valence-corrected chi connectivity index (χ0v) is 10.3. The summed E-state index contributed by atoms with van der Waals surface area (Å²) in [5.41, 5.74) is 3.39. The van der Waals surface area contributed by atoms with E-state index in [1.165, 1.54) is 5.56 Å². The van der Waals surface area contributed by atoms with Crippen molar-refractivity contribution in [2.24, 2.45) is 0 Å². The lowest BCUT2D eigenvalue weighted by Gasteiger charge is -2.07. The van der Waals surface area contributed by atoms with Crippen LogP contribution in [0.25, 0.3) is 5.69 Å². The first-order chi connectivity index (χ1) is 8.31. The highest BCUT2D eigenvalue weighted by Crippen LogP contribution is 2.10. The van der Waals surface area contributed by atoms with Crippen LogP contribution in [0, 0.1) is 6.92 Å². The van der Waals surface area contributed by atoms with Crippen molar-refractivity contribution in [3.05, 3.63) is 41.7 Å². The number of aromatic nitrogens is 3. The van der Waals surface area contributed by atoms with Gasteiger partial charge >= 0.3 is 0 Å². The van der Waals surface area contributed by atoms with Crippen molar-refractivity contribution in [3.63, 3.8) is 0 Å². The third-order valence-electron chi connectivity index (χ3n) is 2.63. The number of nitrogens with one attached hydrogen (secondary N) is 1. The zero-order chi connectivity index (χ0) is 12.1. The molecule has 0 aliphatic rings. The minimum atomic E-state index is 0.800. The topological polar surface area (TPSA) is 42.7 Å². The molecule has 1 aromatic carbocycles. The van der Waals surface area contributed by atoms with E-state index in [4.69, 9.17) is 0 Å². The Morgan fingerprint density at radius 2 is 2.00 bits per heavy atom. The highest BCUT2D eigenvalue weighted by Gasteiger charge is 2.05. The van der Waals surface area contributed by atoms with Crippen LogP contribution in [0.3, 0.4) is 0 Å². The Kier molecular flexibility index (Phi) is 3.88. The molecule has 4 nitrogen and oxygen atoms in total. The molecule has 0 saturated heterocycles. The Hall–Kier alpha value is -1.68. The molecule has 1 heterocycles. The monoisotopic (exact) mass is 230 g/mol. The molecule has 0 atom stereocenters. The first-order valence-corrected chi connectivity index (χ1v) is 5.98. The van der Waals surface area contributed by atoms with Crippen molar-refractivity contribution < 1.29 is 0 Å². The molecular formula is C13H18N4. The van der Waals surface area contributed by atoms with Gasteiger partial charge in [0.1, 0.15) is 0 Å². The largest absolute Gasteiger partial charge is 0.311 e. The number of aryl methyl sites for hydroxylation is 1. The quantitative estimate of drug-likeness (QED) is 0.800. The summed E-state index contributed by atoms with van der Waals surface area (Å²) in [6.45, 7) is 6.05. The lowest BCUT2D eigenvalue weighted by Crippen LogP contribution is -2.16. The molecule has 1 N–H and O–H groups in total. The van der Waals surface area contributed by atoms with E-state index in [1.807, 2.05) is 10.9 Å². The van der Waals surface area contributed by atoms with Crippen LogP contribution in [-0.4, -0.2) is 21.5 Å². The van der Waals surface area contributed by atoms with Gasteiger partial charge in [-0.2, -0.15) is 0 Å². The first kappa shape index (κ1) is 11.8. The molecule has 2 rings (SSSR count). The van der Waals surface area contributed by atoms with Crippen molar-refractivity contribution in [1.82, 2.24) is 20.3 Å². The Labute approximate surface area is 102 Å². The van der Waals surface area contributed by atoms with Gasteiger partial charge in [0.2, 0.25) is 0 Å². The van der Waals surface area contributed by atoms with Crippen LogP contribution in [0.2, 0.25) is 0 Å². The van der Waals surface area contributed by atoms with Crippen molar-refractivity contribution in [1.29, 1.82) is 0 Å². The lowest BCUT2D eigenvalue weighted by atomic mass is 10.2. The number of hydrogen-bond donors (Lipinski definition) is 1. The average Bonchev–Trinajstić information content (AvgIpc) is 2.79. The third-order valence-corrected chi connectivity index (χ3v) is 2.63. The molecule has 17 heavy (non-hydrogen) atoms. The van der Waals surface area contributed by atoms with E-state index < -0.39 is 0 Å². The van der Waals surface area contributed by atoms with E-state index in [2.05, 4.69) is 53.7 Å². The number of benzene rings is 1. The van der Waals surface area contributed by atoms with Gasteiger partial charge in [-0.05, 0) is 32.0 Å². The second-order valence-electron chi connectivity index (χ2n) is 4.15. The molecule has 90 valence electrons. The van der Waals surface area contributed by atoms with Crippen LogP contribution in [0.15, 0.2) is 30.5 Å². The van der Waals surface area contributed by atoms with Gasteiger partial charge in [-0.3, -0.25) is 0 Å². The summed E-state index contributed by atoms with van der Waals surface area (Å²) >= 11 is 0. The second-order valence-corrected chi connectivity index (χ2v) is 4.15. The minimum absolute atomic E-state index is 0.800. The molecule has 0 fully saturated rings. The Bertz CT molecular complexity index is 459. The summed E-state index contributed by atoms with van der Waals surface area (Å²) in [6.07, 6.45) is 2.94. The third kappa shape index (κ3) is 2.91. The summed E-state index contributed by atoms with van der Waals surface area (Å²) in [7, 11) is 0. The van der Waals surface area contributed by atoms with Crippen molar-refractivity contribution in [3.8, 4) is 5.69 Å². The molecule has 2 aromatic rings. The fourth-order valence-electron chi connectivity index (χ4n) is 1.67. The molecule has 0 bridgehead atoms. The number of hydrogen-bond acceptors (Lipinski definition) is 3. The molecule has 0 radical (unpaired) electrons. The average molecular weight is 230 g/mol. The Morgan fingerprint density at radius 3 is 2.71 bits per heavy atom. The van der Waals surface area contributed by atoms with Crippen LogP contribution in [0.4, 0.5) is 0 Å². The number of rotatable bonds is 5. The van der Waals surface area contributed by atoms with E-state index in [0.717, 1.165) is 30.9 Å². The van der Waals surface area contributed by atoms with Crippen LogP contribution >= 0.6 is 0 Å². The van der Waals surface area contributed by atoms with E-state index in [1.54, 1.807) is 0 Å². The molecule has 0 spiro atoms. The van der Waals surface area contributed by atoms with Crippen molar-refractivity contribution in [2.45, 2.75) is 26.8 Å². The van der Waals surface area contributed by atoms with Gasteiger partial charge in [-0.1, -0.05) is 29.8 Å². The molecule has 1 aromatic heterocycles. The standard InChI is InChI=1S/C13H18N4/c1-3-8-14-9-13-10-15-16-17(13)12-6-4-11(2)5-7-12/h4-7,10,14H,3,8-9H2,1-2H3. The summed E-state index contributed by atoms with van der Waals surface area (Å²) in [4.78, 5) is 0. The van der Waals surface area contributed by atoms with Gasteiger partial charge in [0.25, 0.3) is 0 Å². The molecule has 0 unspecified atom stereocenters. The van der Waals surface area contributed by atoms with Crippen molar-refractivity contribution >= 4 is 0 Å². The lowest BCUT2D eigenvalue weighted by molar-refractivity contribution is 0.641. The number of nitrogens with zero attached hydrogens (tertiary/aromatic N) is 3. The molecular weight excluding hydrogens is 212 g/mol. The van der Waals surface area contributed by atoms with Crippen LogP contribution in [0.1, 0.15) is 24.6 Å². The summed E-state index contributed by atoms with van der Waals surface area (Å²) < 4.78 is 1.88. The molecule has 0 aliphatic carbocycles. The van der Waals surface area contributed by atoms with E-state index in [-0.39, 0.29) is 0 Å². The van der Waals surface area contributed by atoms with Gasteiger partial charge in [0.15, 0.2) is 0 Å². The minimum Gasteiger partial charge on any atom is -0.311 e. The predicted octanol–water partition coefficient (Wildman–Crippen LogP) is 2.08. The maximum Gasteiger partial charge on any atom is 0.0783 e. The summed E-state index contributed by atoms with van der Waals surface area (Å²) in [5, 5.41) is 11.5. The summed E-state index contributed by atoms with van der Waals surface area (Å²) in [5.74, 6) is 0. The van der Waals surface area contributed by atoms with Crippen molar-refractivity contribution in [2.75, 3.05) is 6.54 Å². The molecule has 4 heteroatoms. The molecule has 0 amide bonds. The van der Waals surface area contributed by atoms with Crippen LogP contribution in [0.5, 0.6) is 0 Å². The molecule has 0 aliphatic heterocycles. The van der Waals surface area contributed by atoms with Crippen LogP contribution < -0.4 is 5.32 Å². The first-order valence-electron chi connectivity index (χ1n) is 5.98. The smallest absolute Gasteiger partial charge is 0.0783 e. The highest BCUT2D eigenvalue weighted by atomic mass is 15.4. The maximum absolute atomic E-state index is 4.12. The fourth-order valence-corrected chi connectivity index (χ4v) is 1.67. The normalized spacial score (nSPS) is 10.7. The molecule has 0 saturated carbocycles. The van der Waals surface area contributed by atoms with Gasteiger partial charge in [-0.15, -0.1) is 5.10 Å². The Morgan fingerprint density at radius 1 is 1.24 bits per heavy atom. The SMILES string of the molecule is CCCNCc1cnnn1-c1ccc(C)cc1. The van der Waals surface area contributed by atoms with Gasteiger partial charge < -0.3 is 5.32 Å². The van der Waals surface area contributed by atoms with Gasteiger partial charge in [0, 0.05) is 6.54 Å². The van der Waals surface area contributed by atoms with Gasteiger partial charge in [-0.25, -0.2) is 4.68 Å².